The SMILES string of the molecule is CCOC(=O)c1ccc(N2C(=O)C3C(CC(N)=O)NC4(C(=O)Nc5c(Cl)cc(C)cc54)C3C2=O)cc1. The number of hydrogen-bond donors (Lipinski definition) is 3. The number of benzene rings is 2. The van der Waals surface area contributed by atoms with Crippen molar-refractivity contribution < 1.29 is 28.7 Å². The highest BCUT2D eigenvalue weighted by molar-refractivity contribution is 6.35. The molecule has 2 fully saturated rings. The molecule has 2 aromatic carbocycles. The number of halogens is 1. The molecule has 0 radical (unpaired) electrons. The molecule has 3 heterocycles. The number of aryl methyl sites for hydroxylation is 1. The zero-order valence-corrected chi connectivity index (χ0v) is 20.2. The number of fused-ring (bicyclic) bond motifs is 4. The lowest BCUT2D eigenvalue weighted by atomic mass is 9.76. The first-order valence-electron chi connectivity index (χ1n) is 11.4. The fourth-order valence-electron chi connectivity index (χ4n) is 5.60. The minimum absolute atomic E-state index is 0.205. The van der Waals surface area contributed by atoms with Crippen molar-refractivity contribution in [3.63, 3.8) is 0 Å². The van der Waals surface area contributed by atoms with Crippen molar-refractivity contribution in [3.05, 3.63) is 58.1 Å². The van der Waals surface area contributed by atoms with Crippen molar-refractivity contribution >= 4 is 52.6 Å². The van der Waals surface area contributed by atoms with E-state index in [1.165, 1.54) is 24.3 Å². The van der Waals surface area contributed by atoms with Gasteiger partial charge < -0.3 is 15.8 Å². The average molecular weight is 511 g/mol. The van der Waals surface area contributed by atoms with Crippen LogP contribution in [0.3, 0.4) is 0 Å². The van der Waals surface area contributed by atoms with Gasteiger partial charge in [0.25, 0.3) is 0 Å². The summed E-state index contributed by atoms with van der Waals surface area (Å²) in [5.74, 6) is -5.08. The Morgan fingerprint density at radius 1 is 1.14 bits per heavy atom. The van der Waals surface area contributed by atoms with E-state index in [0.29, 0.717) is 16.3 Å². The van der Waals surface area contributed by atoms with E-state index in [9.17, 15) is 24.0 Å². The number of ether oxygens (including phenoxy) is 1. The molecule has 0 aromatic heterocycles. The highest BCUT2D eigenvalue weighted by Gasteiger charge is 2.71. The van der Waals surface area contributed by atoms with Gasteiger partial charge in [-0.1, -0.05) is 17.7 Å². The number of nitrogens with two attached hydrogens (primary N) is 1. The maximum absolute atomic E-state index is 13.9. The Kier molecular flexibility index (Phi) is 5.60. The van der Waals surface area contributed by atoms with E-state index >= 15 is 0 Å². The van der Waals surface area contributed by atoms with E-state index in [4.69, 9.17) is 22.1 Å². The normalized spacial score (nSPS) is 26.2. The molecule has 3 aliphatic heterocycles. The van der Waals surface area contributed by atoms with Gasteiger partial charge in [0.2, 0.25) is 23.6 Å². The molecule has 0 saturated carbocycles. The van der Waals surface area contributed by atoms with Crippen LogP contribution in [0.15, 0.2) is 36.4 Å². The number of carbonyl (C=O) groups excluding carboxylic acids is 5. The first kappa shape index (κ1) is 24.0. The summed E-state index contributed by atoms with van der Waals surface area (Å²) < 4.78 is 4.98. The largest absolute Gasteiger partial charge is 0.462 e. The second-order valence-corrected chi connectivity index (χ2v) is 9.54. The fraction of sp³-hybridized carbons (Fsp3) is 0.320. The number of imide groups is 1. The quantitative estimate of drug-likeness (QED) is 0.409. The van der Waals surface area contributed by atoms with E-state index in [-0.39, 0.29) is 24.3 Å². The van der Waals surface area contributed by atoms with Crippen molar-refractivity contribution in [1.82, 2.24) is 5.32 Å². The number of hydrogen-bond acceptors (Lipinski definition) is 7. The molecular weight excluding hydrogens is 488 g/mol. The van der Waals surface area contributed by atoms with E-state index in [0.717, 1.165) is 10.5 Å². The highest BCUT2D eigenvalue weighted by atomic mass is 35.5. The van der Waals surface area contributed by atoms with Crippen molar-refractivity contribution in [1.29, 1.82) is 0 Å². The molecule has 0 aliphatic carbocycles. The minimum Gasteiger partial charge on any atom is -0.462 e. The Labute approximate surface area is 211 Å². The molecule has 4 amide bonds. The van der Waals surface area contributed by atoms with Gasteiger partial charge in [-0.05, 0) is 49.7 Å². The molecule has 186 valence electrons. The van der Waals surface area contributed by atoms with Gasteiger partial charge in [-0.3, -0.25) is 24.5 Å². The lowest BCUT2D eigenvalue weighted by molar-refractivity contribution is -0.130. The maximum atomic E-state index is 13.9. The number of anilines is 2. The van der Waals surface area contributed by atoms with Gasteiger partial charge in [0.05, 0.1) is 40.4 Å². The second kappa shape index (κ2) is 8.42. The van der Waals surface area contributed by atoms with Gasteiger partial charge in [0, 0.05) is 18.0 Å². The predicted molar refractivity (Wildman–Crippen MR) is 129 cm³/mol. The van der Waals surface area contributed by atoms with E-state index in [1.807, 2.05) is 0 Å². The van der Waals surface area contributed by atoms with Crippen molar-refractivity contribution in [2.45, 2.75) is 31.8 Å². The Hall–Kier alpha value is -3.76. The third kappa shape index (κ3) is 3.32. The van der Waals surface area contributed by atoms with E-state index < -0.39 is 53.0 Å². The highest BCUT2D eigenvalue weighted by Crippen LogP contribution is 2.55. The van der Waals surface area contributed by atoms with Crippen LogP contribution in [-0.4, -0.2) is 42.2 Å². The number of nitrogens with zero attached hydrogens (tertiary/aromatic N) is 1. The summed E-state index contributed by atoms with van der Waals surface area (Å²) in [5, 5.41) is 6.18. The summed E-state index contributed by atoms with van der Waals surface area (Å²) in [6.45, 7) is 3.69. The average Bonchev–Trinajstić information content (AvgIpc) is 3.39. The molecule has 4 atom stereocenters. The molecule has 0 bridgehead atoms. The van der Waals surface area contributed by atoms with Crippen LogP contribution in [0.1, 0.15) is 34.8 Å². The Balaban J connectivity index is 1.61. The first-order valence-corrected chi connectivity index (χ1v) is 11.8. The van der Waals surface area contributed by atoms with Crippen molar-refractivity contribution in [2.24, 2.45) is 17.6 Å². The molecular formula is C25H23ClN4O6. The summed E-state index contributed by atoms with van der Waals surface area (Å²) in [6.07, 6.45) is -0.250. The first-order chi connectivity index (χ1) is 17.1. The molecule has 1 spiro atoms. The summed E-state index contributed by atoms with van der Waals surface area (Å²) in [5.41, 5.74) is 5.91. The van der Waals surface area contributed by atoms with Crippen LogP contribution in [0, 0.1) is 18.8 Å². The Morgan fingerprint density at radius 3 is 2.47 bits per heavy atom. The molecule has 2 saturated heterocycles. The van der Waals surface area contributed by atoms with E-state index in [2.05, 4.69) is 10.6 Å². The molecule has 3 aliphatic rings. The number of carbonyl (C=O) groups is 5. The molecule has 2 aromatic rings. The number of rotatable bonds is 5. The summed E-state index contributed by atoms with van der Waals surface area (Å²) in [6, 6.07) is 8.42. The van der Waals surface area contributed by atoms with Crippen LogP contribution < -0.4 is 21.3 Å². The van der Waals surface area contributed by atoms with Crippen molar-refractivity contribution in [3.8, 4) is 0 Å². The molecule has 5 rings (SSSR count). The monoisotopic (exact) mass is 510 g/mol. The Morgan fingerprint density at radius 2 is 1.83 bits per heavy atom. The minimum atomic E-state index is -1.61. The standard InChI is InChI=1S/C25H23ClN4O6/c1-3-36-23(34)12-4-6-13(7-5-12)30-21(32)18-16(10-17(27)31)29-25(19(18)22(30)33)14-8-11(2)9-15(26)20(14)28-24(25)35/h4-9,16,18-19,29H,3,10H2,1-2H3,(H2,27,31)(H,28,35). The molecule has 4 N–H and O–H groups in total. The zero-order chi connectivity index (χ0) is 25.9. The lowest BCUT2D eigenvalue weighted by Gasteiger charge is -2.29. The molecule has 4 unspecified atom stereocenters. The number of amides is 4. The topological polar surface area (TPSA) is 148 Å². The van der Waals surface area contributed by atoms with E-state index in [1.54, 1.807) is 26.0 Å². The number of primary amides is 1. The van der Waals surface area contributed by atoms with Gasteiger partial charge in [-0.2, -0.15) is 0 Å². The van der Waals surface area contributed by atoms with Gasteiger partial charge in [0.1, 0.15) is 5.54 Å². The van der Waals surface area contributed by atoms with Gasteiger partial charge in [-0.25, -0.2) is 9.69 Å². The predicted octanol–water partition coefficient (Wildman–Crippen LogP) is 1.63. The van der Waals surface area contributed by atoms with Crippen LogP contribution >= 0.6 is 11.6 Å². The lowest BCUT2D eigenvalue weighted by Crippen LogP contribution is -2.53. The second-order valence-electron chi connectivity index (χ2n) is 9.14. The van der Waals surface area contributed by atoms with Gasteiger partial charge in [0.15, 0.2) is 0 Å². The molecule has 36 heavy (non-hydrogen) atoms. The van der Waals surface area contributed by atoms with Crippen LogP contribution in [0.25, 0.3) is 0 Å². The molecule has 11 heteroatoms. The summed E-state index contributed by atoms with van der Waals surface area (Å²) in [4.78, 5) is 65.9. The van der Waals surface area contributed by atoms with Crippen LogP contribution in [0.2, 0.25) is 5.02 Å². The summed E-state index contributed by atoms with van der Waals surface area (Å²) >= 11 is 6.40. The summed E-state index contributed by atoms with van der Waals surface area (Å²) in [7, 11) is 0. The fourth-order valence-corrected chi connectivity index (χ4v) is 5.92. The number of esters is 1. The van der Waals surface area contributed by atoms with Crippen LogP contribution in [-0.2, 0) is 29.5 Å². The third-order valence-corrected chi connectivity index (χ3v) is 7.28. The van der Waals surface area contributed by atoms with Gasteiger partial charge >= 0.3 is 5.97 Å². The van der Waals surface area contributed by atoms with Crippen LogP contribution in [0.4, 0.5) is 11.4 Å². The van der Waals surface area contributed by atoms with Crippen molar-refractivity contribution in [2.75, 3.05) is 16.8 Å². The Bertz CT molecular complexity index is 1340. The van der Waals surface area contributed by atoms with Crippen LogP contribution in [0.5, 0.6) is 0 Å². The van der Waals surface area contributed by atoms with Gasteiger partial charge in [-0.15, -0.1) is 0 Å². The molecule has 10 nitrogen and oxygen atoms in total. The zero-order valence-electron chi connectivity index (χ0n) is 19.5. The third-order valence-electron chi connectivity index (χ3n) is 6.98. The maximum Gasteiger partial charge on any atom is 0.338 e. The smallest absolute Gasteiger partial charge is 0.338 e. The number of nitrogens with one attached hydrogen (secondary N) is 2.